The number of hydrogen-bond donors (Lipinski definition) is 4. The van der Waals surface area contributed by atoms with Gasteiger partial charge in [-0.05, 0) is 30.5 Å². The van der Waals surface area contributed by atoms with E-state index in [9.17, 15) is 19.5 Å². The molecular formula is C25H27N5O5. The molecule has 0 radical (unpaired) electrons. The lowest BCUT2D eigenvalue weighted by atomic mass is 10.0. The van der Waals surface area contributed by atoms with E-state index in [1.54, 1.807) is 24.4 Å². The summed E-state index contributed by atoms with van der Waals surface area (Å²) in [4.78, 5) is 38.1. The Bertz CT molecular complexity index is 1150. The number of carbonyl (C=O) groups is 3. The largest absolute Gasteiger partial charge is 0.487 e. The Morgan fingerprint density at radius 3 is 2.74 bits per heavy atom. The first-order valence-corrected chi connectivity index (χ1v) is 11.4. The first kappa shape index (κ1) is 24.1. The third-order valence-corrected chi connectivity index (χ3v) is 6.09. The van der Waals surface area contributed by atoms with Crippen LogP contribution in [0, 0.1) is 5.53 Å². The highest BCUT2D eigenvalue weighted by Gasteiger charge is 2.40. The quantitative estimate of drug-likeness (QED) is 0.304. The molecule has 4 N–H and O–H groups in total. The molecule has 1 unspecified atom stereocenters. The monoisotopic (exact) mass is 477 g/mol. The molecule has 4 rings (SSSR count). The van der Waals surface area contributed by atoms with Gasteiger partial charge in [0.25, 0.3) is 5.91 Å². The Hall–Kier alpha value is -4.05. The fourth-order valence-electron chi connectivity index (χ4n) is 4.24. The lowest BCUT2D eigenvalue weighted by Crippen LogP contribution is -2.52. The number of aliphatic hydroxyl groups excluding tert-OH is 1. The van der Waals surface area contributed by atoms with Crippen molar-refractivity contribution < 1.29 is 24.2 Å². The zero-order valence-electron chi connectivity index (χ0n) is 19.1. The van der Waals surface area contributed by atoms with Gasteiger partial charge in [-0.3, -0.25) is 19.7 Å². The number of imide groups is 1. The Kier molecular flexibility index (Phi) is 7.51. The number of carbonyl (C=O) groups excluding carboxylic acids is 3. The summed E-state index contributed by atoms with van der Waals surface area (Å²) >= 11 is 0. The molecule has 0 spiro atoms. The summed E-state index contributed by atoms with van der Waals surface area (Å²) in [6.07, 6.45) is 2.61. The molecule has 10 nitrogen and oxygen atoms in total. The Labute approximate surface area is 202 Å². The fraction of sp³-hybridized carbons (Fsp3) is 0.320. The van der Waals surface area contributed by atoms with Crippen molar-refractivity contribution in [2.24, 2.45) is 5.11 Å². The summed E-state index contributed by atoms with van der Waals surface area (Å²) in [6, 6.07) is 13.9. The van der Waals surface area contributed by atoms with Crippen molar-refractivity contribution in [2.75, 3.05) is 13.2 Å². The number of fused-ring (bicyclic) bond motifs is 1. The Morgan fingerprint density at radius 2 is 2.03 bits per heavy atom. The van der Waals surface area contributed by atoms with E-state index >= 15 is 0 Å². The summed E-state index contributed by atoms with van der Waals surface area (Å²) in [5, 5.41) is 18.6. The van der Waals surface area contributed by atoms with Gasteiger partial charge in [-0.15, -0.1) is 0 Å². The van der Waals surface area contributed by atoms with Crippen molar-refractivity contribution in [3.8, 4) is 5.75 Å². The number of nitrogens with zero attached hydrogens (tertiary/aromatic N) is 2. The molecule has 2 aliphatic rings. The van der Waals surface area contributed by atoms with E-state index in [4.69, 9.17) is 10.3 Å². The standard InChI is InChI=1S/C25H27N5O5/c26-29-18(12-27-17(14-31)11-16-5-2-1-3-6-16)15-35-22-8-4-7-19-20(22)13-30(25(19)34)21-9-10-23(32)28-24(21)33/h1-8,12,17,21,26-27,31H,9-11,13-15H2,(H,28,32,33)/b18-12-,29-26?/t17-,21?/m0/s1. The average Bonchev–Trinajstić information content (AvgIpc) is 3.20. The molecule has 0 saturated carbocycles. The van der Waals surface area contributed by atoms with E-state index < -0.39 is 11.9 Å². The lowest BCUT2D eigenvalue weighted by molar-refractivity contribution is -0.136. The van der Waals surface area contributed by atoms with Crippen LogP contribution in [0.1, 0.15) is 34.3 Å². The average molecular weight is 478 g/mol. The van der Waals surface area contributed by atoms with Crippen molar-refractivity contribution in [1.82, 2.24) is 15.5 Å². The second-order valence-electron chi connectivity index (χ2n) is 8.45. The van der Waals surface area contributed by atoms with Crippen molar-refractivity contribution in [2.45, 2.75) is 37.9 Å². The Balaban J connectivity index is 1.40. The second-order valence-corrected chi connectivity index (χ2v) is 8.45. The maximum Gasteiger partial charge on any atom is 0.255 e. The van der Waals surface area contributed by atoms with E-state index in [-0.39, 0.29) is 50.5 Å². The molecule has 1 saturated heterocycles. The van der Waals surface area contributed by atoms with Gasteiger partial charge in [0.1, 0.15) is 24.1 Å². The molecule has 10 heteroatoms. The number of nitrogens with one attached hydrogen (secondary N) is 3. The summed E-state index contributed by atoms with van der Waals surface area (Å²) in [5.74, 6) is -0.626. The SMILES string of the molecule is N=N/C(=C\N[C@H](CO)Cc1ccccc1)COc1cccc2c1CN(C1CCC(=O)NC1=O)C2=O. The van der Waals surface area contributed by atoms with E-state index in [0.717, 1.165) is 5.56 Å². The van der Waals surface area contributed by atoms with Gasteiger partial charge in [0, 0.05) is 23.7 Å². The number of amides is 3. The molecule has 2 aromatic carbocycles. The highest BCUT2D eigenvalue weighted by atomic mass is 16.5. The third kappa shape index (κ3) is 5.55. The van der Waals surface area contributed by atoms with Crippen LogP contribution in [0.2, 0.25) is 0 Å². The zero-order chi connectivity index (χ0) is 24.8. The molecule has 182 valence electrons. The van der Waals surface area contributed by atoms with Crippen LogP contribution < -0.4 is 15.4 Å². The van der Waals surface area contributed by atoms with Gasteiger partial charge in [-0.2, -0.15) is 5.11 Å². The predicted molar refractivity (Wildman–Crippen MR) is 125 cm³/mol. The maximum atomic E-state index is 12.9. The minimum absolute atomic E-state index is 0.0248. The molecular weight excluding hydrogens is 450 g/mol. The summed E-state index contributed by atoms with van der Waals surface area (Å²) in [7, 11) is 0. The van der Waals surface area contributed by atoms with Crippen LogP contribution in [-0.4, -0.2) is 53.0 Å². The van der Waals surface area contributed by atoms with Crippen LogP contribution in [0.15, 0.2) is 65.5 Å². The molecule has 3 amide bonds. The van der Waals surface area contributed by atoms with E-state index in [2.05, 4.69) is 15.7 Å². The lowest BCUT2D eigenvalue weighted by Gasteiger charge is -2.29. The molecule has 2 aliphatic heterocycles. The van der Waals surface area contributed by atoms with Crippen molar-refractivity contribution in [3.05, 3.63) is 77.1 Å². The number of rotatable bonds is 10. The number of hydrogen-bond acceptors (Lipinski definition) is 8. The highest BCUT2D eigenvalue weighted by Crippen LogP contribution is 2.33. The molecule has 2 aromatic rings. The van der Waals surface area contributed by atoms with Crippen LogP contribution in [0.4, 0.5) is 0 Å². The number of benzene rings is 2. The first-order valence-electron chi connectivity index (χ1n) is 11.4. The number of piperidine rings is 1. The third-order valence-electron chi connectivity index (χ3n) is 6.09. The van der Waals surface area contributed by atoms with Gasteiger partial charge in [0.2, 0.25) is 11.8 Å². The van der Waals surface area contributed by atoms with Crippen molar-refractivity contribution in [1.29, 1.82) is 5.53 Å². The summed E-state index contributed by atoms with van der Waals surface area (Å²) in [5.41, 5.74) is 9.95. The number of aliphatic hydroxyl groups is 1. The van der Waals surface area contributed by atoms with Crippen LogP contribution >= 0.6 is 0 Å². The molecule has 1 fully saturated rings. The molecule has 2 heterocycles. The minimum atomic E-state index is -0.705. The second kappa shape index (κ2) is 10.9. The summed E-state index contributed by atoms with van der Waals surface area (Å²) in [6.45, 7) is 0.0701. The van der Waals surface area contributed by atoms with E-state index in [1.807, 2.05) is 30.3 Å². The Morgan fingerprint density at radius 1 is 1.23 bits per heavy atom. The highest BCUT2D eigenvalue weighted by molar-refractivity contribution is 6.05. The first-order chi connectivity index (χ1) is 17.0. The molecule has 0 aromatic heterocycles. The normalized spacial score (nSPS) is 18.7. The topological polar surface area (TPSA) is 144 Å². The van der Waals surface area contributed by atoms with Gasteiger partial charge in [-0.25, -0.2) is 5.53 Å². The molecule has 0 aliphatic carbocycles. The van der Waals surface area contributed by atoms with Gasteiger partial charge in [-0.1, -0.05) is 36.4 Å². The van der Waals surface area contributed by atoms with Crippen LogP contribution in [0.25, 0.3) is 0 Å². The fourth-order valence-corrected chi connectivity index (χ4v) is 4.24. The predicted octanol–water partition coefficient (Wildman–Crippen LogP) is 1.89. The summed E-state index contributed by atoms with van der Waals surface area (Å²) < 4.78 is 5.90. The van der Waals surface area contributed by atoms with Crippen LogP contribution in [0.5, 0.6) is 5.75 Å². The van der Waals surface area contributed by atoms with Crippen molar-refractivity contribution in [3.63, 3.8) is 0 Å². The van der Waals surface area contributed by atoms with Gasteiger partial charge in [0.15, 0.2) is 0 Å². The smallest absolute Gasteiger partial charge is 0.255 e. The molecule has 2 atom stereocenters. The van der Waals surface area contributed by atoms with Gasteiger partial charge < -0.3 is 20.1 Å². The maximum absolute atomic E-state index is 12.9. The van der Waals surface area contributed by atoms with Crippen molar-refractivity contribution >= 4 is 17.7 Å². The zero-order valence-corrected chi connectivity index (χ0v) is 19.1. The number of ether oxygens (including phenoxy) is 1. The van der Waals surface area contributed by atoms with Crippen LogP contribution in [-0.2, 0) is 22.6 Å². The minimum Gasteiger partial charge on any atom is -0.487 e. The van der Waals surface area contributed by atoms with Gasteiger partial charge in [0.05, 0.1) is 19.2 Å². The van der Waals surface area contributed by atoms with E-state index in [0.29, 0.717) is 29.0 Å². The van der Waals surface area contributed by atoms with E-state index in [1.165, 1.54) is 4.90 Å². The molecule has 0 bridgehead atoms. The molecule has 35 heavy (non-hydrogen) atoms. The van der Waals surface area contributed by atoms with Crippen LogP contribution in [0.3, 0.4) is 0 Å². The van der Waals surface area contributed by atoms with Gasteiger partial charge >= 0.3 is 0 Å².